The molecule has 0 radical (unpaired) electrons. The first-order valence-electron chi connectivity index (χ1n) is 6.10. The van der Waals surface area contributed by atoms with Gasteiger partial charge >= 0.3 is 0 Å². The molecule has 0 fully saturated rings. The molecule has 5 heteroatoms. The van der Waals surface area contributed by atoms with Crippen molar-refractivity contribution in [3.63, 3.8) is 0 Å². The lowest BCUT2D eigenvalue weighted by Crippen LogP contribution is -2.14. The van der Waals surface area contributed by atoms with E-state index in [1.807, 2.05) is 25.2 Å². The molecule has 0 bridgehead atoms. The van der Waals surface area contributed by atoms with Gasteiger partial charge in [0.05, 0.1) is 10.6 Å². The fourth-order valence-corrected chi connectivity index (χ4v) is 2.02. The smallest absolute Gasteiger partial charge is 0.258 e. The summed E-state index contributed by atoms with van der Waals surface area (Å²) in [6.45, 7) is 0.690. The number of rotatable bonds is 4. The molecule has 2 aromatic rings. The van der Waals surface area contributed by atoms with Crippen molar-refractivity contribution < 1.29 is 9.18 Å². The lowest BCUT2D eigenvalue weighted by Gasteiger charge is -2.08. The van der Waals surface area contributed by atoms with Crippen molar-refractivity contribution in [2.24, 2.45) is 0 Å². The van der Waals surface area contributed by atoms with E-state index in [2.05, 4.69) is 10.6 Å². The Morgan fingerprint density at radius 2 is 2.00 bits per heavy atom. The van der Waals surface area contributed by atoms with Crippen molar-refractivity contribution in [3.05, 3.63) is 64.4 Å². The fraction of sp³-hybridized carbons (Fsp3) is 0.133. The van der Waals surface area contributed by atoms with Crippen molar-refractivity contribution >= 4 is 23.2 Å². The zero-order valence-corrected chi connectivity index (χ0v) is 11.7. The fourth-order valence-electron chi connectivity index (χ4n) is 1.84. The highest BCUT2D eigenvalue weighted by atomic mass is 35.5. The SMILES string of the molecule is CNCc1cccc(NC(=O)c2cccc(Cl)c2F)c1. The third-order valence-electron chi connectivity index (χ3n) is 2.76. The van der Waals surface area contributed by atoms with E-state index >= 15 is 0 Å². The third kappa shape index (κ3) is 3.35. The largest absolute Gasteiger partial charge is 0.322 e. The summed E-state index contributed by atoms with van der Waals surface area (Å²) < 4.78 is 13.8. The monoisotopic (exact) mass is 292 g/mol. The van der Waals surface area contributed by atoms with Crippen molar-refractivity contribution in [1.29, 1.82) is 0 Å². The minimum Gasteiger partial charge on any atom is -0.322 e. The summed E-state index contributed by atoms with van der Waals surface area (Å²) in [5.41, 5.74) is 1.57. The molecule has 0 aliphatic rings. The van der Waals surface area contributed by atoms with Gasteiger partial charge < -0.3 is 10.6 Å². The molecule has 1 amide bonds. The maximum absolute atomic E-state index is 13.8. The van der Waals surface area contributed by atoms with Crippen LogP contribution in [-0.2, 0) is 6.54 Å². The van der Waals surface area contributed by atoms with Crippen LogP contribution in [0, 0.1) is 5.82 Å². The topological polar surface area (TPSA) is 41.1 Å². The zero-order valence-electron chi connectivity index (χ0n) is 10.9. The second kappa shape index (κ2) is 6.50. The molecule has 2 N–H and O–H groups in total. The van der Waals surface area contributed by atoms with Crippen LogP contribution in [-0.4, -0.2) is 13.0 Å². The molecule has 3 nitrogen and oxygen atoms in total. The van der Waals surface area contributed by atoms with Gasteiger partial charge in [-0.15, -0.1) is 0 Å². The highest BCUT2D eigenvalue weighted by Gasteiger charge is 2.14. The van der Waals surface area contributed by atoms with Crippen molar-refractivity contribution in [2.45, 2.75) is 6.54 Å². The Morgan fingerprint density at radius 1 is 1.25 bits per heavy atom. The highest BCUT2D eigenvalue weighted by molar-refractivity contribution is 6.31. The summed E-state index contributed by atoms with van der Waals surface area (Å²) in [5.74, 6) is -1.23. The molecule has 0 aromatic heterocycles. The van der Waals surface area contributed by atoms with Gasteiger partial charge in [-0.2, -0.15) is 0 Å². The van der Waals surface area contributed by atoms with E-state index in [1.165, 1.54) is 18.2 Å². The Kier molecular flexibility index (Phi) is 4.71. The maximum Gasteiger partial charge on any atom is 0.258 e. The van der Waals surface area contributed by atoms with Crippen LogP contribution in [0.25, 0.3) is 0 Å². The second-order valence-corrected chi connectivity index (χ2v) is 4.69. The molecular weight excluding hydrogens is 279 g/mol. The lowest BCUT2D eigenvalue weighted by atomic mass is 10.1. The van der Waals surface area contributed by atoms with Crippen LogP contribution in [0.15, 0.2) is 42.5 Å². The molecule has 0 aliphatic heterocycles. The van der Waals surface area contributed by atoms with E-state index in [-0.39, 0.29) is 10.6 Å². The van der Waals surface area contributed by atoms with Gasteiger partial charge in [-0.1, -0.05) is 29.8 Å². The number of benzene rings is 2. The molecular formula is C15H14ClFN2O. The van der Waals surface area contributed by atoms with E-state index in [9.17, 15) is 9.18 Å². The molecule has 2 rings (SSSR count). The Morgan fingerprint density at radius 3 is 2.75 bits per heavy atom. The van der Waals surface area contributed by atoms with Gasteiger partial charge in [0, 0.05) is 12.2 Å². The number of carbonyl (C=O) groups excluding carboxylic acids is 1. The Hall–Kier alpha value is -1.91. The van der Waals surface area contributed by atoms with Gasteiger partial charge in [0.2, 0.25) is 0 Å². The first-order chi connectivity index (χ1) is 9.61. The average Bonchev–Trinajstić information content (AvgIpc) is 2.42. The van der Waals surface area contributed by atoms with Crippen molar-refractivity contribution in [3.8, 4) is 0 Å². The molecule has 0 spiro atoms. The van der Waals surface area contributed by atoms with Crippen molar-refractivity contribution in [1.82, 2.24) is 5.32 Å². The molecule has 2 aromatic carbocycles. The average molecular weight is 293 g/mol. The van der Waals surface area contributed by atoms with Gasteiger partial charge in [0.1, 0.15) is 0 Å². The number of amides is 1. The van der Waals surface area contributed by atoms with Gasteiger partial charge in [0.15, 0.2) is 5.82 Å². The summed E-state index contributed by atoms with van der Waals surface area (Å²) in [5, 5.41) is 5.61. The summed E-state index contributed by atoms with van der Waals surface area (Å²) >= 11 is 5.66. The predicted molar refractivity (Wildman–Crippen MR) is 78.6 cm³/mol. The van der Waals surface area contributed by atoms with Crippen LogP contribution in [0.1, 0.15) is 15.9 Å². The number of anilines is 1. The van der Waals surface area contributed by atoms with Crippen LogP contribution >= 0.6 is 11.6 Å². The molecule has 0 saturated carbocycles. The number of hydrogen-bond donors (Lipinski definition) is 2. The zero-order chi connectivity index (χ0) is 14.5. The summed E-state index contributed by atoms with van der Waals surface area (Å²) in [6, 6.07) is 11.7. The molecule has 0 atom stereocenters. The standard InChI is InChI=1S/C15H14ClFN2O/c1-18-9-10-4-2-5-11(8-10)19-15(20)12-6-3-7-13(16)14(12)17/h2-8,18H,9H2,1H3,(H,19,20). The normalized spacial score (nSPS) is 10.3. The third-order valence-corrected chi connectivity index (χ3v) is 3.05. The van der Waals surface area contributed by atoms with Crippen LogP contribution in [0.5, 0.6) is 0 Å². The molecule has 0 heterocycles. The lowest BCUT2D eigenvalue weighted by molar-refractivity contribution is 0.102. The van der Waals surface area contributed by atoms with E-state index in [4.69, 9.17) is 11.6 Å². The molecule has 20 heavy (non-hydrogen) atoms. The van der Waals surface area contributed by atoms with Crippen LogP contribution in [0.2, 0.25) is 5.02 Å². The maximum atomic E-state index is 13.8. The quantitative estimate of drug-likeness (QED) is 0.906. The number of nitrogens with one attached hydrogen (secondary N) is 2. The van der Waals surface area contributed by atoms with E-state index in [0.717, 1.165) is 5.56 Å². The summed E-state index contributed by atoms with van der Waals surface area (Å²) in [4.78, 5) is 12.0. The van der Waals surface area contributed by atoms with Crippen LogP contribution in [0.3, 0.4) is 0 Å². The first kappa shape index (κ1) is 14.5. The summed E-state index contributed by atoms with van der Waals surface area (Å²) in [7, 11) is 1.84. The predicted octanol–water partition coefficient (Wildman–Crippen LogP) is 3.45. The van der Waals surface area contributed by atoms with Gasteiger partial charge in [-0.3, -0.25) is 4.79 Å². The minimum absolute atomic E-state index is 0.0680. The second-order valence-electron chi connectivity index (χ2n) is 4.29. The van der Waals surface area contributed by atoms with E-state index < -0.39 is 11.7 Å². The summed E-state index contributed by atoms with van der Waals surface area (Å²) in [6.07, 6.45) is 0. The Balaban J connectivity index is 2.19. The van der Waals surface area contributed by atoms with Crippen LogP contribution in [0.4, 0.5) is 10.1 Å². The van der Waals surface area contributed by atoms with Gasteiger partial charge in [-0.25, -0.2) is 4.39 Å². The van der Waals surface area contributed by atoms with E-state index in [0.29, 0.717) is 12.2 Å². The van der Waals surface area contributed by atoms with Gasteiger partial charge in [0.25, 0.3) is 5.91 Å². The Labute approximate surface area is 121 Å². The van der Waals surface area contributed by atoms with E-state index in [1.54, 1.807) is 6.07 Å². The number of carbonyl (C=O) groups is 1. The van der Waals surface area contributed by atoms with Gasteiger partial charge in [-0.05, 0) is 36.9 Å². The first-order valence-corrected chi connectivity index (χ1v) is 6.48. The van der Waals surface area contributed by atoms with Crippen LogP contribution < -0.4 is 10.6 Å². The van der Waals surface area contributed by atoms with Crippen molar-refractivity contribution in [2.75, 3.05) is 12.4 Å². The Bertz CT molecular complexity index is 631. The number of halogens is 2. The minimum atomic E-state index is -0.710. The molecule has 0 unspecified atom stereocenters. The highest BCUT2D eigenvalue weighted by Crippen LogP contribution is 2.19. The molecule has 104 valence electrons. The molecule has 0 aliphatic carbocycles. The molecule has 0 saturated heterocycles. The number of hydrogen-bond acceptors (Lipinski definition) is 2.